The Labute approximate surface area is 59.9 Å². The molecule has 1 aromatic carbocycles. The van der Waals surface area contributed by atoms with Crippen molar-refractivity contribution < 1.29 is 4.79 Å². The number of anilines is 1. The minimum atomic E-state index is 0.576. The number of hydrogen-bond acceptors (Lipinski definition) is 2. The van der Waals surface area contributed by atoms with Gasteiger partial charge < -0.3 is 5.32 Å². The third-order valence-electron chi connectivity index (χ3n) is 1.27. The Kier molecular flexibility index (Phi) is 2.05. The van der Waals surface area contributed by atoms with Crippen LogP contribution >= 0.6 is 0 Å². The number of nitrogens with one attached hydrogen (secondary N) is 1. The van der Waals surface area contributed by atoms with E-state index in [1.54, 1.807) is 12.1 Å². The molecule has 0 atom stereocenters. The van der Waals surface area contributed by atoms with Crippen molar-refractivity contribution in [1.82, 2.24) is 0 Å². The standard InChI is InChI=1S/C8H8NO/c1-9-8-4-2-3-7(5-8)6-10/h2-5,9H,1H3. The zero-order valence-corrected chi connectivity index (χ0v) is 5.72. The van der Waals surface area contributed by atoms with Crippen molar-refractivity contribution in [3.05, 3.63) is 29.8 Å². The van der Waals surface area contributed by atoms with Gasteiger partial charge in [-0.2, -0.15) is 0 Å². The van der Waals surface area contributed by atoms with Crippen molar-refractivity contribution in [2.75, 3.05) is 12.4 Å². The zero-order chi connectivity index (χ0) is 7.40. The van der Waals surface area contributed by atoms with Gasteiger partial charge in [-0.15, -0.1) is 0 Å². The van der Waals surface area contributed by atoms with Crippen LogP contribution in [0.1, 0.15) is 5.56 Å². The Balaban J connectivity index is 2.98. The fourth-order valence-corrected chi connectivity index (χ4v) is 0.738. The van der Waals surface area contributed by atoms with Gasteiger partial charge in [0.05, 0.1) is 0 Å². The first-order chi connectivity index (χ1) is 4.86. The van der Waals surface area contributed by atoms with Gasteiger partial charge in [0.2, 0.25) is 6.29 Å². The molecule has 0 heterocycles. The van der Waals surface area contributed by atoms with Crippen molar-refractivity contribution >= 4 is 12.0 Å². The summed E-state index contributed by atoms with van der Waals surface area (Å²) in [5, 5.41) is 2.92. The summed E-state index contributed by atoms with van der Waals surface area (Å²) in [7, 11) is 1.81. The predicted molar refractivity (Wildman–Crippen MR) is 40.8 cm³/mol. The molecule has 0 saturated carbocycles. The van der Waals surface area contributed by atoms with Gasteiger partial charge in [-0.25, -0.2) is 0 Å². The molecule has 1 radical (unpaired) electrons. The molecular weight excluding hydrogens is 126 g/mol. The third-order valence-corrected chi connectivity index (χ3v) is 1.27. The van der Waals surface area contributed by atoms with E-state index in [-0.39, 0.29) is 0 Å². The molecule has 0 unspecified atom stereocenters. The number of rotatable bonds is 2. The highest BCUT2D eigenvalue weighted by Gasteiger charge is 1.90. The highest BCUT2D eigenvalue weighted by atomic mass is 16.1. The van der Waals surface area contributed by atoms with Gasteiger partial charge in [0.25, 0.3) is 0 Å². The molecule has 0 aliphatic rings. The summed E-state index contributed by atoms with van der Waals surface area (Å²) < 4.78 is 0. The largest absolute Gasteiger partial charge is 0.388 e. The Morgan fingerprint density at radius 3 is 2.90 bits per heavy atom. The normalized spacial score (nSPS) is 8.90. The van der Waals surface area contributed by atoms with Crippen LogP contribution in [0, 0.1) is 0 Å². The van der Waals surface area contributed by atoms with E-state index in [0.29, 0.717) is 5.56 Å². The van der Waals surface area contributed by atoms with Gasteiger partial charge in [0.1, 0.15) is 0 Å². The molecule has 1 rings (SSSR count). The minimum Gasteiger partial charge on any atom is -0.388 e. The molecule has 0 fully saturated rings. The topological polar surface area (TPSA) is 29.1 Å². The molecule has 0 amide bonds. The van der Waals surface area contributed by atoms with Crippen LogP contribution in [-0.4, -0.2) is 13.3 Å². The van der Waals surface area contributed by atoms with Crippen molar-refractivity contribution in [2.24, 2.45) is 0 Å². The molecule has 0 bridgehead atoms. The lowest BCUT2D eigenvalue weighted by atomic mass is 10.2. The third kappa shape index (κ3) is 1.35. The molecule has 0 spiro atoms. The van der Waals surface area contributed by atoms with Crippen molar-refractivity contribution in [3.8, 4) is 0 Å². The van der Waals surface area contributed by atoms with E-state index in [4.69, 9.17) is 0 Å². The maximum absolute atomic E-state index is 10.1. The molecular formula is C8H8NO. The van der Waals surface area contributed by atoms with Crippen molar-refractivity contribution in [2.45, 2.75) is 0 Å². The van der Waals surface area contributed by atoms with Crippen LogP contribution in [0.2, 0.25) is 0 Å². The number of hydrogen-bond donors (Lipinski definition) is 1. The van der Waals surface area contributed by atoms with Gasteiger partial charge in [-0.05, 0) is 12.1 Å². The molecule has 1 N–H and O–H groups in total. The van der Waals surface area contributed by atoms with Gasteiger partial charge >= 0.3 is 0 Å². The first-order valence-electron chi connectivity index (χ1n) is 3.03. The Hall–Kier alpha value is -1.31. The number of carbonyl (C=O) groups excluding carboxylic acids is 1. The Bertz CT molecular complexity index is 232. The molecule has 0 aliphatic heterocycles. The van der Waals surface area contributed by atoms with E-state index in [1.165, 1.54) is 0 Å². The van der Waals surface area contributed by atoms with Gasteiger partial charge in [-0.1, -0.05) is 12.1 Å². The van der Waals surface area contributed by atoms with Crippen LogP contribution in [-0.2, 0) is 4.79 Å². The number of benzene rings is 1. The van der Waals surface area contributed by atoms with Crippen LogP contribution in [0.15, 0.2) is 24.3 Å². The van der Waals surface area contributed by atoms with Gasteiger partial charge in [0.15, 0.2) is 0 Å². The molecule has 2 heteroatoms. The average Bonchev–Trinajstić information content (AvgIpc) is 2.05. The summed E-state index contributed by atoms with van der Waals surface area (Å²) >= 11 is 0. The van der Waals surface area contributed by atoms with E-state index < -0.39 is 0 Å². The minimum absolute atomic E-state index is 0.576. The average molecular weight is 134 g/mol. The Morgan fingerprint density at radius 2 is 2.30 bits per heavy atom. The first kappa shape index (κ1) is 6.81. The van der Waals surface area contributed by atoms with Crippen LogP contribution in [0.5, 0.6) is 0 Å². The van der Waals surface area contributed by atoms with Crippen LogP contribution in [0.3, 0.4) is 0 Å². The van der Waals surface area contributed by atoms with Crippen LogP contribution in [0.4, 0.5) is 5.69 Å². The highest BCUT2D eigenvalue weighted by Crippen LogP contribution is 2.06. The highest BCUT2D eigenvalue weighted by molar-refractivity contribution is 5.77. The van der Waals surface area contributed by atoms with E-state index >= 15 is 0 Å². The molecule has 1 aromatic rings. The van der Waals surface area contributed by atoms with Crippen LogP contribution in [0.25, 0.3) is 0 Å². The second-order valence-corrected chi connectivity index (χ2v) is 1.93. The maximum Gasteiger partial charge on any atom is 0.233 e. The fourth-order valence-electron chi connectivity index (χ4n) is 0.738. The van der Waals surface area contributed by atoms with E-state index in [9.17, 15) is 4.79 Å². The summed E-state index contributed by atoms with van der Waals surface area (Å²) in [6.45, 7) is 0. The molecule has 0 aromatic heterocycles. The van der Waals surface area contributed by atoms with E-state index in [0.717, 1.165) is 5.69 Å². The second kappa shape index (κ2) is 3.01. The smallest absolute Gasteiger partial charge is 0.233 e. The Morgan fingerprint density at radius 1 is 1.50 bits per heavy atom. The van der Waals surface area contributed by atoms with E-state index in [1.807, 2.05) is 25.5 Å². The first-order valence-corrected chi connectivity index (χ1v) is 3.03. The van der Waals surface area contributed by atoms with E-state index in [2.05, 4.69) is 5.32 Å². The summed E-state index contributed by atoms with van der Waals surface area (Å²) in [5.74, 6) is 0. The van der Waals surface area contributed by atoms with Crippen LogP contribution < -0.4 is 5.32 Å². The lowest BCUT2D eigenvalue weighted by Gasteiger charge is -1.97. The quantitative estimate of drug-likeness (QED) is 0.658. The van der Waals surface area contributed by atoms with Crippen molar-refractivity contribution in [1.29, 1.82) is 0 Å². The predicted octanol–water partition coefficient (Wildman–Crippen LogP) is 1.19. The molecule has 10 heavy (non-hydrogen) atoms. The van der Waals surface area contributed by atoms with Gasteiger partial charge in [-0.3, -0.25) is 4.79 Å². The lowest BCUT2D eigenvalue weighted by molar-refractivity contribution is 0.563. The molecule has 0 saturated heterocycles. The lowest BCUT2D eigenvalue weighted by Crippen LogP contribution is -1.88. The molecule has 51 valence electrons. The SMILES string of the molecule is CNc1cccc([C]=O)c1. The van der Waals surface area contributed by atoms with Crippen molar-refractivity contribution in [3.63, 3.8) is 0 Å². The second-order valence-electron chi connectivity index (χ2n) is 1.93. The maximum atomic E-state index is 10.1. The fraction of sp³-hybridized carbons (Fsp3) is 0.125. The summed E-state index contributed by atoms with van der Waals surface area (Å²) in [6, 6.07) is 7.16. The monoisotopic (exact) mass is 134 g/mol. The summed E-state index contributed by atoms with van der Waals surface area (Å²) in [6.07, 6.45) is 1.81. The molecule has 2 nitrogen and oxygen atoms in total. The molecule has 0 aliphatic carbocycles. The summed E-state index contributed by atoms with van der Waals surface area (Å²) in [5.41, 5.74) is 1.51. The zero-order valence-electron chi connectivity index (χ0n) is 5.72. The van der Waals surface area contributed by atoms with Gasteiger partial charge in [0, 0.05) is 18.3 Å². The summed E-state index contributed by atoms with van der Waals surface area (Å²) in [4.78, 5) is 10.1.